The molecule has 2 nitrogen and oxygen atoms in total. The van der Waals surface area contributed by atoms with Crippen LogP contribution in [-0.2, 0) is 6.61 Å². The molecular weight excluding hydrogens is 365 g/mol. The monoisotopic (exact) mass is 381 g/mol. The van der Waals surface area contributed by atoms with Crippen LogP contribution in [0.25, 0.3) is 10.9 Å². The van der Waals surface area contributed by atoms with Crippen LogP contribution in [-0.4, -0.2) is 18.2 Å². The minimum absolute atomic E-state index is 0.0220. The maximum absolute atomic E-state index is 9.59. The Labute approximate surface area is 128 Å². The first-order valence-corrected chi connectivity index (χ1v) is 10.7. The van der Waals surface area contributed by atoms with Gasteiger partial charge in [-0.2, -0.15) is 0 Å². The first kappa shape index (κ1) is 14.5. The number of aromatic nitrogens is 1. The third-order valence-corrected chi connectivity index (χ3v) is 4.74. The summed E-state index contributed by atoms with van der Waals surface area (Å²) in [5, 5.41) is 10.7. The van der Waals surface area contributed by atoms with Gasteiger partial charge in [0.1, 0.15) is 13.8 Å². The molecule has 0 unspecified atom stereocenters. The molecule has 1 N–H and O–H groups in total. The zero-order valence-corrected chi connectivity index (χ0v) is 14.4. The van der Waals surface area contributed by atoms with Gasteiger partial charge >= 0.3 is 0 Å². The summed E-state index contributed by atoms with van der Waals surface area (Å²) in [4.78, 5) is 4.59. The fourth-order valence-corrected chi connectivity index (χ4v) is 3.08. The van der Waals surface area contributed by atoms with Crippen molar-refractivity contribution in [2.45, 2.75) is 26.2 Å². The number of hydrogen-bond acceptors (Lipinski definition) is 2. The molecule has 4 heteroatoms. The van der Waals surface area contributed by atoms with Crippen LogP contribution in [0.5, 0.6) is 0 Å². The molecule has 0 fully saturated rings. The molecule has 0 atom stereocenters. The third kappa shape index (κ3) is 3.35. The molecule has 1 heterocycles. The first-order valence-electron chi connectivity index (χ1n) is 6.13. The van der Waals surface area contributed by atoms with Crippen LogP contribution >= 0.6 is 22.6 Å². The van der Waals surface area contributed by atoms with Gasteiger partial charge in [0.25, 0.3) is 0 Å². The maximum atomic E-state index is 9.59. The molecule has 1 aromatic heterocycles. The second kappa shape index (κ2) is 5.61. The summed E-state index contributed by atoms with van der Waals surface area (Å²) < 4.78 is 1.05. The highest BCUT2D eigenvalue weighted by Gasteiger charge is 2.12. The van der Waals surface area contributed by atoms with E-state index in [0.29, 0.717) is 5.69 Å². The van der Waals surface area contributed by atoms with E-state index in [9.17, 15) is 5.11 Å². The molecule has 2 rings (SSSR count). The summed E-state index contributed by atoms with van der Waals surface area (Å²) in [5.74, 6) is 3.17. The lowest BCUT2D eigenvalue weighted by Crippen LogP contribution is -2.16. The van der Waals surface area contributed by atoms with Crippen molar-refractivity contribution in [2.24, 2.45) is 0 Å². The van der Waals surface area contributed by atoms with Crippen LogP contribution < -0.4 is 0 Å². The van der Waals surface area contributed by atoms with Gasteiger partial charge in [0.2, 0.25) is 0 Å². The van der Waals surface area contributed by atoms with Gasteiger partial charge in [-0.1, -0.05) is 43.8 Å². The van der Waals surface area contributed by atoms with E-state index in [1.165, 1.54) is 0 Å². The Kier molecular flexibility index (Phi) is 4.28. The molecule has 0 amide bonds. The van der Waals surface area contributed by atoms with Crippen LogP contribution in [0.1, 0.15) is 11.3 Å². The fourth-order valence-electron chi connectivity index (χ4n) is 1.71. The van der Waals surface area contributed by atoms with E-state index >= 15 is 0 Å². The van der Waals surface area contributed by atoms with Crippen molar-refractivity contribution in [3.8, 4) is 11.5 Å². The average molecular weight is 381 g/mol. The molecule has 0 aliphatic heterocycles. The highest BCUT2D eigenvalue weighted by molar-refractivity contribution is 14.1. The van der Waals surface area contributed by atoms with E-state index in [1.54, 1.807) is 0 Å². The van der Waals surface area contributed by atoms with Gasteiger partial charge in [-0.05, 0) is 28.7 Å². The predicted octanol–water partition coefficient (Wildman–Crippen LogP) is 3.56. The Bertz CT molecular complexity index is 680. The van der Waals surface area contributed by atoms with Crippen LogP contribution in [0.2, 0.25) is 19.6 Å². The molecule has 19 heavy (non-hydrogen) atoms. The average Bonchev–Trinajstić information content (AvgIpc) is 2.36. The quantitative estimate of drug-likeness (QED) is 0.466. The second-order valence-electron chi connectivity index (χ2n) is 5.43. The van der Waals surface area contributed by atoms with Crippen molar-refractivity contribution in [3.05, 3.63) is 39.1 Å². The van der Waals surface area contributed by atoms with Crippen molar-refractivity contribution in [2.75, 3.05) is 0 Å². The Morgan fingerprint density at radius 3 is 2.58 bits per heavy atom. The van der Waals surface area contributed by atoms with E-state index in [-0.39, 0.29) is 6.61 Å². The number of hydrogen-bond donors (Lipinski definition) is 1. The van der Waals surface area contributed by atoms with Gasteiger partial charge in [-0.25, -0.2) is 4.98 Å². The van der Waals surface area contributed by atoms with Crippen molar-refractivity contribution in [3.63, 3.8) is 0 Å². The van der Waals surface area contributed by atoms with Crippen LogP contribution in [0.3, 0.4) is 0 Å². The van der Waals surface area contributed by atoms with E-state index < -0.39 is 8.07 Å². The molecule has 1 aromatic carbocycles. The molecule has 0 saturated carbocycles. The number of aliphatic hydroxyl groups excluding tert-OH is 1. The summed E-state index contributed by atoms with van der Waals surface area (Å²) >= 11 is 2.27. The number of fused-ring (bicyclic) bond motifs is 1. The largest absolute Gasteiger partial charge is 0.392 e. The van der Waals surface area contributed by atoms with Crippen LogP contribution in [0.15, 0.2) is 24.3 Å². The topological polar surface area (TPSA) is 33.1 Å². The lowest BCUT2D eigenvalue weighted by molar-refractivity contribution is 0.280. The van der Waals surface area contributed by atoms with Gasteiger partial charge in [0, 0.05) is 14.5 Å². The number of benzene rings is 1. The van der Waals surface area contributed by atoms with Crippen molar-refractivity contribution < 1.29 is 5.11 Å². The smallest absolute Gasteiger partial charge is 0.129 e. The minimum Gasteiger partial charge on any atom is -0.392 e. The number of para-hydroxylation sites is 1. The van der Waals surface area contributed by atoms with E-state index in [4.69, 9.17) is 0 Å². The number of aliphatic hydroxyl groups is 1. The number of pyridine rings is 1. The summed E-state index contributed by atoms with van der Waals surface area (Å²) in [5.41, 5.74) is 5.80. The fraction of sp³-hybridized carbons (Fsp3) is 0.267. The summed E-state index contributed by atoms with van der Waals surface area (Å²) in [6.07, 6.45) is 0. The van der Waals surface area contributed by atoms with Gasteiger partial charge < -0.3 is 5.11 Å². The Balaban J connectivity index is 2.69. The standard InChI is InChI=1S/C15H16INOSi/c1-19(2,3)9-8-14-12(10-18)15(16)11-6-4-5-7-13(11)17-14/h4-7,18H,10H2,1-3H3. The molecule has 0 saturated heterocycles. The molecule has 0 bridgehead atoms. The first-order chi connectivity index (χ1) is 8.92. The Hall–Kier alpha value is -0.903. The maximum Gasteiger partial charge on any atom is 0.129 e. The summed E-state index contributed by atoms with van der Waals surface area (Å²) in [7, 11) is -1.45. The normalized spacial score (nSPS) is 11.2. The molecule has 2 aromatic rings. The lowest BCUT2D eigenvalue weighted by Gasteiger charge is -2.09. The van der Waals surface area contributed by atoms with Crippen molar-refractivity contribution >= 4 is 41.6 Å². The molecule has 0 aliphatic rings. The number of rotatable bonds is 1. The van der Waals surface area contributed by atoms with Gasteiger partial charge in [0.05, 0.1) is 12.1 Å². The predicted molar refractivity (Wildman–Crippen MR) is 90.6 cm³/mol. The highest BCUT2D eigenvalue weighted by atomic mass is 127. The zero-order chi connectivity index (χ0) is 14.0. The van der Waals surface area contributed by atoms with Crippen molar-refractivity contribution in [1.82, 2.24) is 4.98 Å². The van der Waals surface area contributed by atoms with Crippen molar-refractivity contribution in [1.29, 1.82) is 0 Å². The van der Waals surface area contributed by atoms with E-state index in [2.05, 4.69) is 58.7 Å². The lowest BCUT2D eigenvalue weighted by atomic mass is 10.1. The van der Waals surface area contributed by atoms with Crippen LogP contribution in [0, 0.1) is 15.0 Å². The van der Waals surface area contributed by atoms with Crippen LogP contribution in [0.4, 0.5) is 0 Å². The molecule has 0 aliphatic carbocycles. The molecule has 0 spiro atoms. The molecular formula is C15H16INOSi. The number of halogens is 1. The molecule has 98 valence electrons. The molecule has 0 radical (unpaired) electrons. The van der Waals surface area contributed by atoms with E-state index in [0.717, 1.165) is 20.0 Å². The third-order valence-electron chi connectivity index (χ3n) is 2.64. The Morgan fingerprint density at radius 1 is 1.26 bits per heavy atom. The van der Waals surface area contributed by atoms with Gasteiger partial charge in [-0.15, -0.1) is 5.54 Å². The number of nitrogens with zero attached hydrogens (tertiary/aromatic N) is 1. The SMILES string of the molecule is C[Si](C)(C)C#Cc1nc2ccccc2c(I)c1CO. The van der Waals surface area contributed by atoms with Gasteiger partial charge in [0.15, 0.2) is 0 Å². The van der Waals surface area contributed by atoms with E-state index in [1.807, 2.05) is 24.3 Å². The summed E-state index contributed by atoms with van der Waals surface area (Å²) in [6, 6.07) is 7.97. The van der Waals surface area contributed by atoms with Gasteiger partial charge in [-0.3, -0.25) is 0 Å². The minimum atomic E-state index is -1.45. The zero-order valence-electron chi connectivity index (χ0n) is 11.3. The highest BCUT2D eigenvalue weighted by Crippen LogP contribution is 2.25. The second-order valence-corrected chi connectivity index (χ2v) is 11.3. The summed E-state index contributed by atoms with van der Waals surface area (Å²) in [6.45, 7) is 6.58. The Morgan fingerprint density at radius 2 is 1.95 bits per heavy atom.